The van der Waals surface area contributed by atoms with Crippen LogP contribution >= 0.6 is 0 Å². The van der Waals surface area contributed by atoms with Gasteiger partial charge in [0.1, 0.15) is 11.5 Å². The molecule has 0 spiro atoms. The van der Waals surface area contributed by atoms with Gasteiger partial charge >= 0.3 is 5.97 Å². The number of hydrogen-bond donors (Lipinski definition) is 2. The van der Waals surface area contributed by atoms with Crippen molar-refractivity contribution in [2.75, 3.05) is 14.2 Å². The van der Waals surface area contributed by atoms with E-state index < -0.39 is 17.9 Å². The van der Waals surface area contributed by atoms with E-state index in [9.17, 15) is 9.59 Å². The molecule has 0 radical (unpaired) electrons. The van der Waals surface area contributed by atoms with E-state index >= 15 is 0 Å². The number of furan rings is 1. The Labute approximate surface area is 132 Å². The Kier molecular flexibility index (Phi) is 4.90. The third kappa shape index (κ3) is 3.63. The van der Waals surface area contributed by atoms with Gasteiger partial charge in [-0.3, -0.25) is 4.79 Å². The van der Waals surface area contributed by atoms with Crippen LogP contribution in [0, 0.1) is 0 Å². The fourth-order valence-corrected chi connectivity index (χ4v) is 2.10. The van der Waals surface area contributed by atoms with E-state index in [1.165, 1.54) is 19.2 Å². The van der Waals surface area contributed by atoms with Gasteiger partial charge in [0, 0.05) is 5.56 Å². The van der Waals surface area contributed by atoms with Crippen LogP contribution < -0.4 is 14.8 Å². The highest BCUT2D eigenvalue weighted by atomic mass is 16.5. The summed E-state index contributed by atoms with van der Waals surface area (Å²) in [5.41, 5.74) is 0.727. The fraction of sp³-hybridized carbons (Fsp3) is 0.250. The quantitative estimate of drug-likeness (QED) is 0.849. The van der Waals surface area contributed by atoms with E-state index in [1.807, 2.05) is 0 Å². The Morgan fingerprint density at radius 3 is 2.39 bits per heavy atom. The number of methoxy groups -OCH3 is 2. The maximum absolute atomic E-state index is 12.1. The van der Waals surface area contributed by atoms with Crippen LogP contribution in [0.3, 0.4) is 0 Å². The van der Waals surface area contributed by atoms with E-state index in [1.54, 1.807) is 32.2 Å². The van der Waals surface area contributed by atoms with Gasteiger partial charge in [0.2, 0.25) is 5.76 Å². The number of benzene rings is 1. The van der Waals surface area contributed by atoms with Gasteiger partial charge in [0.15, 0.2) is 5.76 Å². The maximum Gasteiger partial charge on any atom is 0.371 e. The molecule has 0 aliphatic rings. The number of carbonyl (C=O) groups excluding carboxylic acids is 1. The van der Waals surface area contributed by atoms with Crippen molar-refractivity contribution in [2.45, 2.75) is 13.0 Å². The van der Waals surface area contributed by atoms with Crippen molar-refractivity contribution >= 4 is 11.9 Å². The summed E-state index contributed by atoms with van der Waals surface area (Å²) in [4.78, 5) is 22.9. The number of aromatic carboxylic acids is 1. The lowest BCUT2D eigenvalue weighted by Gasteiger charge is -2.17. The number of amides is 1. The minimum atomic E-state index is -1.23. The number of ether oxygens (including phenoxy) is 2. The molecule has 0 bridgehead atoms. The monoisotopic (exact) mass is 319 g/mol. The molecule has 1 aromatic heterocycles. The number of nitrogens with one attached hydrogen (secondary N) is 1. The number of carboxylic acids is 1. The van der Waals surface area contributed by atoms with Gasteiger partial charge in [-0.05, 0) is 37.3 Å². The molecule has 0 fully saturated rings. The number of hydrogen-bond acceptors (Lipinski definition) is 5. The molecule has 0 saturated carbocycles. The first-order valence-corrected chi connectivity index (χ1v) is 6.82. The largest absolute Gasteiger partial charge is 0.497 e. The van der Waals surface area contributed by atoms with Gasteiger partial charge in [-0.25, -0.2) is 4.79 Å². The molecular weight excluding hydrogens is 302 g/mol. The molecule has 1 aromatic carbocycles. The topological polar surface area (TPSA) is 98.0 Å². The Bertz CT molecular complexity index is 721. The lowest BCUT2D eigenvalue weighted by Crippen LogP contribution is -2.26. The Morgan fingerprint density at radius 1 is 1.13 bits per heavy atom. The van der Waals surface area contributed by atoms with Crippen molar-refractivity contribution in [3.05, 3.63) is 47.4 Å². The summed E-state index contributed by atoms with van der Waals surface area (Å²) in [5.74, 6) is -0.878. The Morgan fingerprint density at radius 2 is 1.83 bits per heavy atom. The van der Waals surface area contributed by atoms with Gasteiger partial charge in [0.05, 0.1) is 20.3 Å². The first-order chi connectivity index (χ1) is 11.0. The molecule has 122 valence electrons. The molecular formula is C16H17NO6. The summed E-state index contributed by atoms with van der Waals surface area (Å²) in [6.07, 6.45) is 0. The normalized spacial score (nSPS) is 11.6. The second-order valence-electron chi connectivity index (χ2n) is 4.77. The summed E-state index contributed by atoms with van der Waals surface area (Å²) in [6, 6.07) is 7.40. The molecule has 1 amide bonds. The summed E-state index contributed by atoms with van der Waals surface area (Å²) in [7, 11) is 3.08. The van der Waals surface area contributed by atoms with Gasteiger partial charge in [0.25, 0.3) is 5.91 Å². The van der Waals surface area contributed by atoms with Crippen LogP contribution in [0.5, 0.6) is 11.5 Å². The van der Waals surface area contributed by atoms with E-state index in [-0.39, 0.29) is 11.5 Å². The maximum atomic E-state index is 12.1. The highest BCUT2D eigenvalue weighted by Crippen LogP contribution is 2.29. The molecule has 0 saturated heterocycles. The van der Waals surface area contributed by atoms with Crippen molar-refractivity contribution in [2.24, 2.45) is 0 Å². The predicted molar refractivity (Wildman–Crippen MR) is 81.1 cm³/mol. The zero-order valence-corrected chi connectivity index (χ0v) is 13.0. The molecule has 1 unspecified atom stereocenters. The summed E-state index contributed by atoms with van der Waals surface area (Å²) in [6.45, 7) is 1.77. The average Bonchev–Trinajstić information content (AvgIpc) is 3.04. The van der Waals surface area contributed by atoms with Crippen molar-refractivity contribution in [3.8, 4) is 11.5 Å². The van der Waals surface area contributed by atoms with Crippen LogP contribution in [0.4, 0.5) is 0 Å². The molecule has 0 aliphatic carbocycles. The van der Waals surface area contributed by atoms with Gasteiger partial charge in [-0.15, -0.1) is 0 Å². The minimum Gasteiger partial charge on any atom is -0.497 e. The molecule has 2 rings (SSSR count). The highest BCUT2D eigenvalue weighted by Gasteiger charge is 2.19. The van der Waals surface area contributed by atoms with E-state index in [2.05, 4.69) is 5.32 Å². The van der Waals surface area contributed by atoms with Gasteiger partial charge in [-0.2, -0.15) is 0 Å². The zero-order valence-electron chi connectivity index (χ0n) is 13.0. The standard InChI is InChI=1S/C16H17NO6/c1-9(11-8-10(21-2)4-5-12(11)22-3)17-15(18)13-6-7-14(23-13)16(19)20/h4-9H,1-3H3,(H,17,18)(H,19,20). The van der Waals surface area contributed by atoms with Crippen molar-refractivity contribution < 1.29 is 28.6 Å². The molecule has 2 aromatic rings. The average molecular weight is 319 g/mol. The van der Waals surface area contributed by atoms with Gasteiger partial charge in [-0.1, -0.05) is 0 Å². The lowest BCUT2D eigenvalue weighted by atomic mass is 10.1. The number of rotatable bonds is 6. The van der Waals surface area contributed by atoms with Crippen molar-refractivity contribution in [1.29, 1.82) is 0 Å². The summed E-state index contributed by atoms with van der Waals surface area (Å²) >= 11 is 0. The van der Waals surface area contributed by atoms with Crippen LogP contribution in [-0.4, -0.2) is 31.2 Å². The minimum absolute atomic E-state index is 0.0730. The Balaban J connectivity index is 2.18. The highest BCUT2D eigenvalue weighted by molar-refractivity contribution is 5.93. The number of carbonyl (C=O) groups is 2. The molecule has 1 atom stereocenters. The third-order valence-corrected chi connectivity index (χ3v) is 3.29. The van der Waals surface area contributed by atoms with E-state index in [4.69, 9.17) is 19.0 Å². The molecule has 7 heteroatoms. The van der Waals surface area contributed by atoms with E-state index in [0.717, 1.165) is 5.56 Å². The van der Waals surface area contributed by atoms with Crippen LogP contribution in [0.25, 0.3) is 0 Å². The fourth-order valence-electron chi connectivity index (χ4n) is 2.10. The molecule has 23 heavy (non-hydrogen) atoms. The smallest absolute Gasteiger partial charge is 0.371 e. The SMILES string of the molecule is COc1ccc(OC)c(C(C)NC(=O)c2ccc(C(=O)O)o2)c1. The third-order valence-electron chi connectivity index (χ3n) is 3.29. The van der Waals surface area contributed by atoms with Crippen molar-refractivity contribution in [3.63, 3.8) is 0 Å². The molecule has 2 N–H and O–H groups in total. The predicted octanol–water partition coefficient (Wildman–Crippen LogP) is 2.49. The van der Waals surface area contributed by atoms with Crippen molar-refractivity contribution in [1.82, 2.24) is 5.32 Å². The molecule has 0 aliphatic heterocycles. The van der Waals surface area contributed by atoms with Gasteiger partial charge < -0.3 is 24.3 Å². The van der Waals surface area contributed by atoms with Crippen LogP contribution in [-0.2, 0) is 0 Å². The number of carboxylic acid groups (broad SMARTS) is 1. The second-order valence-corrected chi connectivity index (χ2v) is 4.77. The zero-order chi connectivity index (χ0) is 17.0. The molecule has 1 heterocycles. The Hall–Kier alpha value is -2.96. The summed E-state index contributed by atoms with van der Waals surface area (Å²) in [5, 5.41) is 11.5. The second kappa shape index (κ2) is 6.87. The van der Waals surface area contributed by atoms with Crippen LogP contribution in [0.15, 0.2) is 34.7 Å². The summed E-state index contributed by atoms with van der Waals surface area (Å²) < 4.78 is 15.4. The van der Waals surface area contributed by atoms with Crippen LogP contribution in [0.2, 0.25) is 0 Å². The lowest BCUT2D eigenvalue weighted by molar-refractivity contribution is 0.0659. The molecule has 7 nitrogen and oxygen atoms in total. The first-order valence-electron chi connectivity index (χ1n) is 6.82. The van der Waals surface area contributed by atoms with E-state index in [0.29, 0.717) is 11.5 Å². The first kappa shape index (κ1) is 16.4. The van der Waals surface area contributed by atoms with Crippen LogP contribution in [0.1, 0.15) is 39.6 Å².